The standard InChI is InChI=1S/C59H111N19O15S/c1-9-33(7)45(77-51(86)39(20-16-26-68-59(65)66)69-47(82)35(62)29-79)55(90)73-37(18-12-14-24-61)49(84)74-41(27-31(3)4)53(88)71-40(21-22-44(80)81)52(87)78-46(34(8)10-2)56(91)72-36(17-11-13-23-60)48(83)70-38(19-15-25-67-58(63)64)50(85)76-43(30-94)54(89)75-42(57(92)93)28-32(5)6/h31-43,45-46,79,94H,9-30,60-62H2,1-8H3,(H,69,82)(H,70,83)(H,71,88)(H,72,91)(H,73,90)(H,74,84)(H,75,89)(H,76,85)(H,77,86)(H,78,87)(H,80,81)(H,92,93)(H4,63,64,67)(H4,65,66,68)/t33-,34-,35-,36-,37-,38-,39-,40-,41-,42-,43-,45-,46-/m0/s1. The number of thiol groups is 1. The molecule has 10 amide bonds. The largest absolute Gasteiger partial charge is 0.481 e. The molecule has 0 saturated carbocycles. The van der Waals surface area contributed by atoms with E-state index in [0.29, 0.717) is 25.7 Å². The maximum atomic E-state index is 14.5. The summed E-state index contributed by atoms with van der Waals surface area (Å²) < 4.78 is 0. The summed E-state index contributed by atoms with van der Waals surface area (Å²) in [7, 11) is 0. The maximum absolute atomic E-state index is 14.5. The summed E-state index contributed by atoms with van der Waals surface area (Å²) in [6, 6.07) is -15.3. The van der Waals surface area contributed by atoms with Crippen LogP contribution in [0.25, 0.3) is 0 Å². The Morgan fingerprint density at radius 2 is 0.734 bits per heavy atom. The number of aliphatic hydroxyl groups is 1. The van der Waals surface area contributed by atoms with Crippen molar-refractivity contribution in [2.45, 2.75) is 225 Å². The quantitative estimate of drug-likeness (QED) is 0.0119. The molecule has 538 valence electrons. The minimum absolute atomic E-state index is 0.00543. The molecule has 0 fully saturated rings. The smallest absolute Gasteiger partial charge is 0.326 e. The van der Waals surface area contributed by atoms with Gasteiger partial charge in [-0.1, -0.05) is 68.2 Å². The van der Waals surface area contributed by atoms with Gasteiger partial charge in [0.2, 0.25) is 59.1 Å². The molecule has 0 aromatic rings. The highest BCUT2D eigenvalue weighted by molar-refractivity contribution is 7.80. The van der Waals surface area contributed by atoms with Crippen molar-refractivity contribution in [3.63, 3.8) is 0 Å². The van der Waals surface area contributed by atoms with E-state index < -0.39 is 169 Å². The Bertz CT molecular complexity index is 2470. The molecule has 34 nitrogen and oxygen atoms in total. The Labute approximate surface area is 556 Å². The molecular weight excluding hydrogens is 1250 g/mol. The number of amides is 10. The number of guanidine groups is 2. The first-order valence-corrected chi connectivity index (χ1v) is 32.9. The second-order valence-electron chi connectivity index (χ2n) is 24.3. The van der Waals surface area contributed by atoms with Crippen molar-refractivity contribution in [3.05, 3.63) is 0 Å². The zero-order valence-corrected chi connectivity index (χ0v) is 56.7. The van der Waals surface area contributed by atoms with Gasteiger partial charge in [-0.15, -0.1) is 0 Å². The van der Waals surface area contributed by atoms with Crippen molar-refractivity contribution in [1.29, 1.82) is 10.8 Å². The van der Waals surface area contributed by atoms with Crippen LogP contribution in [0.3, 0.4) is 0 Å². The normalized spacial score (nSPS) is 15.4. The van der Waals surface area contributed by atoms with Crippen LogP contribution in [0, 0.1) is 34.5 Å². The lowest BCUT2D eigenvalue weighted by Crippen LogP contribution is -2.62. The molecule has 0 saturated heterocycles. The number of carbonyl (C=O) groups is 12. The minimum Gasteiger partial charge on any atom is -0.481 e. The molecule has 0 aromatic carbocycles. The summed E-state index contributed by atoms with van der Waals surface area (Å²) in [4.78, 5) is 165. The Morgan fingerprint density at radius 1 is 0.426 bits per heavy atom. The van der Waals surface area contributed by atoms with Crippen LogP contribution in [0.1, 0.15) is 158 Å². The molecule has 0 aliphatic rings. The molecule has 0 aliphatic heterocycles. The third kappa shape index (κ3) is 35.0. The van der Waals surface area contributed by atoms with Gasteiger partial charge in [-0.3, -0.25) is 63.6 Å². The average Bonchev–Trinajstić information content (AvgIpc) is 0.881. The van der Waals surface area contributed by atoms with Crippen LogP contribution in [0.2, 0.25) is 0 Å². The molecule has 0 radical (unpaired) electrons. The number of nitrogens with one attached hydrogen (secondary N) is 14. The van der Waals surface area contributed by atoms with Crippen LogP contribution >= 0.6 is 12.6 Å². The van der Waals surface area contributed by atoms with E-state index in [1.54, 1.807) is 55.4 Å². The van der Waals surface area contributed by atoms with Gasteiger partial charge in [-0.05, 0) is 120 Å². The van der Waals surface area contributed by atoms with Gasteiger partial charge in [0.1, 0.15) is 66.5 Å². The Hall–Kier alpha value is -7.63. The monoisotopic (exact) mass is 1360 g/mol. The predicted molar refractivity (Wildman–Crippen MR) is 355 cm³/mol. The highest BCUT2D eigenvalue weighted by Gasteiger charge is 2.38. The highest BCUT2D eigenvalue weighted by Crippen LogP contribution is 2.16. The number of carboxylic acid groups (broad SMARTS) is 2. The van der Waals surface area contributed by atoms with Crippen molar-refractivity contribution in [2.24, 2.45) is 52.3 Å². The fourth-order valence-electron chi connectivity index (χ4n) is 9.40. The minimum atomic E-state index is -1.65. The number of unbranched alkanes of at least 4 members (excludes halogenated alkanes) is 2. The summed E-state index contributed by atoms with van der Waals surface area (Å²) in [6.07, 6.45) is 1.04. The van der Waals surface area contributed by atoms with Crippen LogP contribution in [0.5, 0.6) is 0 Å². The van der Waals surface area contributed by atoms with E-state index in [4.69, 9.17) is 39.5 Å². The molecule has 0 aromatic heterocycles. The van der Waals surface area contributed by atoms with Gasteiger partial charge in [0.05, 0.1) is 6.61 Å². The number of carbonyl (C=O) groups excluding carboxylic acids is 10. The van der Waals surface area contributed by atoms with Gasteiger partial charge in [-0.25, -0.2) is 4.79 Å². The van der Waals surface area contributed by atoms with E-state index in [9.17, 15) is 72.9 Å². The highest BCUT2D eigenvalue weighted by atomic mass is 32.1. The Balaban J connectivity index is 7.15. The molecule has 0 bridgehead atoms. The molecule has 27 N–H and O–H groups in total. The van der Waals surface area contributed by atoms with E-state index >= 15 is 0 Å². The fraction of sp³-hybridized carbons (Fsp3) is 0.763. The van der Waals surface area contributed by atoms with Crippen LogP contribution in [-0.2, 0) is 57.5 Å². The summed E-state index contributed by atoms with van der Waals surface area (Å²) in [5.41, 5.74) is 28.1. The van der Waals surface area contributed by atoms with Gasteiger partial charge < -0.3 is 108 Å². The number of hydrogen-bond donors (Lipinski definition) is 23. The lowest BCUT2D eigenvalue weighted by molar-refractivity contribution is -0.142. The molecule has 0 spiro atoms. The number of aliphatic hydroxyl groups excluding tert-OH is 1. The van der Waals surface area contributed by atoms with Crippen molar-refractivity contribution >= 4 is 95.6 Å². The van der Waals surface area contributed by atoms with Gasteiger partial charge >= 0.3 is 11.9 Å². The van der Waals surface area contributed by atoms with Gasteiger partial charge in [0.15, 0.2) is 11.9 Å². The molecule has 35 heteroatoms. The fourth-order valence-corrected chi connectivity index (χ4v) is 9.66. The van der Waals surface area contributed by atoms with E-state index in [0.717, 1.165) is 0 Å². The lowest BCUT2D eigenvalue weighted by Gasteiger charge is -2.30. The second kappa shape index (κ2) is 47.3. The first-order chi connectivity index (χ1) is 44.2. The number of rotatable bonds is 50. The van der Waals surface area contributed by atoms with E-state index in [2.05, 4.69) is 76.4 Å². The molecule has 0 rings (SSSR count). The SMILES string of the molecule is CC[C@H](C)[C@H](NC(=O)[C@H](CCC(=O)O)NC(=O)[C@H](CC(C)C)NC(=O)[C@H](CCCCN)NC(=O)[C@@H](NC(=O)[C@H](CCCNC(=N)N)NC(=O)[C@@H](N)CO)[C@@H](C)CC)C(=O)N[C@@H](CCCCN)C(=O)N[C@@H](CCCNC(=N)N)C(=O)N[C@@H](CS)C(=O)N[C@@H](CC(C)C)C(=O)O. The van der Waals surface area contributed by atoms with Crippen molar-refractivity contribution < 1.29 is 72.9 Å². The van der Waals surface area contributed by atoms with E-state index in [-0.39, 0.29) is 120 Å². The van der Waals surface area contributed by atoms with E-state index in [1.165, 1.54) is 0 Å². The molecule has 0 aliphatic carbocycles. The molecule has 0 heterocycles. The van der Waals surface area contributed by atoms with Crippen molar-refractivity contribution in [3.8, 4) is 0 Å². The molecule has 94 heavy (non-hydrogen) atoms. The van der Waals surface area contributed by atoms with Crippen molar-refractivity contribution in [2.75, 3.05) is 38.5 Å². The number of aliphatic carboxylic acids is 2. The topological polar surface area (TPSA) is 588 Å². The van der Waals surface area contributed by atoms with Gasteiger partial charge in [0, 0.05) is 25.3 Å². The second-order valence-corrected chi connectivity index (χ2v) is 24.6. The number of carboxylic acids is 2. The third-order valence-electron chi connectivity index (χ3n) is 15.3. The number of nitrogens with two attached hydrogens (primary N) is 5. The van der Waals surface area contributed by atoms with Crippen LogP contribution in [0.4, 0.5) is 0 Å². The molecule has 0 unspecified atom stereocenters. The molecular formula is C59H111N19O15S. The first kappa shape index (κ1) is 86.4. The van der Waals surface area contributed by atoms with Crippen LogP contribution < -0.4 is 92.5 Å². The summed E-state index contributed by atoms with van der Waals surface area (Å²) in [5.74, 6) is -14.0. The van der Waals surface area contributed by atoms with E-state index in [1.807, 2.05) is 0 Å². The van der Waals surface area contributed by atoms with Crippen molar-refractivity contribution in [1.82, 2.24) is 63.8 Å². The molecule has 13 atom stereocenters. The van der Waals surface area contributed by atoms with Gasteiger partial charge in [-0.2, -0.15) is 12.6 Å². The zero-order valence-electron chi connectivity index (χ0n) is 55.8. The summed E-state index contributed by atoms with van der Waals surface area (Å²) in [5, 5.41) is 75.2. The van der Waals surface area contributed by atoms with Crippen LogP contribution in [0.15, 0.2) is 0 Å². The van der Waals surface area contributed by atoms with Crippen LogP contribution in [-0.4, -0.2) is 203 Å². The zero-order chi connectivity index (χ0) is 71.8. The summed E-state index contributed by atoms with van der Waals surface area (Å²) in [6.45, 7) is 13.7. The lowest BCUT2D eigenvalue weighted by atomic mass is 9.96. The predicted octanol–water partition coefficient (Wildman–Crippen LogP) is -4.00. The first-order valence-electron chi connectivity index (χ1n) is 32.2. The maximum Gasteiger partial charge on any atom is 0.326 e. The Kier molecular flexibility index (Phi) is 43.4. The number of hydrogen-bond acceptors (Lipinski definition) is 19. The van der Waals surface area contributed by atoms with Gasteiger partial charge in [0.25, 0.3) is 0 Å². The Morgan fingerprint density at radius 3 is 1.07 bits per heavy atom. The third-order valence-corrected chi connectivity index (χ3v) is 15.6. The summed E-state index contributed by atoms with van der Waals surface area (Å²) >= 11 is 4.21. The average molecular weight is 1360 g/mol.